The number of rotatable bonds is 5. The Kier molecular flexibility index (Phi) is 4.03. The zero-order valence-electron chi connectivity index (χ0n) is 13.6. The summed E-state index contributed by atoms with van der Waals surface area (Å²) in [6.45, 7) is 0.455. The predicted octanol–water partition coefficient (Wildman–Crippen LogP) is -0.388. The summed E-state index contributed by atoms with van der Waals surface area (Å²) in [5.74, 6) is -0.0737. The largest absolute Gasteiger partial charge is 0.367 e. The maximum atomic E-state index is 12.5. The van der Waals surface area contributed by atoms with Crippen LogP contribution in [-0.2, 0) is 17.9 Å². The van der Waals surface area contributed by atoms with Gasteiger partial charge in [0.1, 0.15) is 6.54 Å². The van der Waals surface area contributed by atoms with Crippen LogP contribution >= 0.6 is 0 Å². The summed E-state index contributed by atoms with van der Waals surface area (Å²) in [6, 6.07) is 9.75. The Morgan fingerprint density at radius 1 is 1.33 bits per heavy atom. The van der Waals surface area contributed by atoms with Crippen molar-refractivity contribution in [2.75, 3.05) is 19.0 Å². The molecule has 0 unspecified atom stereocenters. The minimum absolute atomic E-state index is 0.0401. The van der Waals surface area contributed by atoms with Crippen molar-refractivity contribution >= 4 is 23.0 Å². The first-order valence-electron chi connectivity index (χ1n) is 7.48. The van der Waals surface area contributed by atoms with E-state index in [9.17, 15) is 9.59 Å². The fourth-order valence-electron chi connectivity index (χ4n) is 2.58. The highest BCUT2D eigenvalue weighted by molar-refractivity contribution is 5.73. The highest BCUT2D eigenvalue weighted by Gasteiger charge is 2.23. The fourth-order valence-corrected chi connectivity index (χ4v) is 2.58. The van der Waals surface area contributed by atoms with Crippen LogP contribution in [0.2, 0.25) is 0 Å². The van der Waals surface area contributed by atoms with Crippen LogP contribution in [0.3, 0.4) is 0 Å². The van der Waals surface area contributed by atoms with Crippen LogP contribution in [0.25, 0.3) is 11.2 Å². The van der Waals surface area contributed by atoms with Crippen LogP contribution in [0.5, 0.6) is 0 Å². The summed E-state index contributed by atoms with van der Waals surface area (Å²) in [7, 11) is 3.56. The Labute approximate surface area is 138 Å². The minimum atomic E-state index is -0.493. The number of nitrogens with zero attached hydrogens (tertiary/aromatic N) is 4. The van der Waals surface area contributed by atoms with Gasteiger partial charge in [0.05, 0.1) is 6.54 Å². The highest BCUT2D eigenvalue weighted by Crippen LogP contribution is 2.10. The van der Waals surface area contributed by atoms with Gasteiger partial charge in [0.25, 0.3) is 17.4 Å². The average molecular weight is 327 g/mol. The first-order chi connectivity index (χ1) is 11.5. The summed E-state index contributed by atoms with van der Waals surface area (Å²) in [5.41, 5.74) is 6.93. The summed E-state index contributed by atoms with van der Waals surface area (Å²) < 4.78 is 3.38. The molecule has 0 aliphatic heterocycles. The molecule has 0 aliphatic carbocycles. The van der Waals surface area contributed by atoms with Crippen LogP contribution < -0.4 is 20.8 Å². The van der Waals surface area contributed by atoms with Gasteiger partial charge in [-0.3, -0.25) is 19.1 Å². The number of imidazole rings is 1. The first-order valence-corrected chi connectivity index (χ1v) is 7.48. The Hall–Kier alpha value is -3.16. The van der Waals surface area contributed by atoms with E-state index in [1.807, 2.05) is 30.3 Å². The number of nitrogens with two attached hydrogens (primary N) is 1. The molecule has 8 heteroatoms. The minimum Gasteiger partial charge on any atom is -0.367 e. The zero-order valence-corrected chi connectivity index (χ0v) is 13.6. The van der Waals surface area contributed by atoms with E-state index in [2.05, 4.69) is 9.97 Å². The number of hydrogen-bond acceptors (Lipinski definition) is 4. The number of hydrogen-bond donors (Lipinski definition) is 2. The smallest absolute Gasteiger partial charge is 0.312 e. The van der Waals surface area contributed by atoms with Crippen LogP contribution in [0.4, 0.5) is 5.95 Å². The van der Waals surface area contributed by atoms with Gasteiger partial charge in [0.15, 0.2) is 6.33 Å². The summed E-state index contributed by atoms with van der Waals surface area (Å²) in [4.78, 5) is 32.8. The Balaban J connectivity index is 2.19. The van der Waals surface area contributed by atoms with Crippen LogP contribution in [0.15, 0.2) is 41.5 Å². The molecule has 1 aromatic carbocycles. The second-order valence-corrected chi connectivity index (χ2v) is 5.78. The van der Waals surface area contributed by atoms with Crippen molar-refractivity contribution in [1.82, 2.24) is 14.5 Å². The molecule has 2 heterocycles. The van der Waals surface area contributed by atoms with E-state index < -0.39 is 5.91 Å². The van der Waals surface area contributed by atoms with Gasteiger partial charge in [-0.2, -0.15) is 0 Å². The number of anilines is 1. The van der Waals surface area contributed by atoms with Gasteiger partial charge in [-0.15, -0.1) is 0 Å². The molecule has 124 valence electrons. The average Bonchev–Trinajstić information content (AvgIpc) is 2.85. The van der Waals surface area contributed by atoms with Crippen LogP contribution in [0, 0.1) is 0 Å². The number of fused-ring (bicyclic) bond motifs is 1. The van der Waals surface area contributed by atoms with E-state index >= 15 is 0 Å². The number of aromatic amines is 1. The van der Waals surface area contributed by atoms with E-state index in [0.29, 0.717) is 23.7 Å². The molecular weight excluding hydrogens is 308 g/mol. The molecule has 0 atom stereocenters. The van der Waals surface area contributed by atoms with E-state index in [0.717, 1.165) is 5.56 Å². The van der Waals surface area contributed by atoms with E-state index in [-0.39, 0.29) is 12.1 Å². The maximum absolute atomic E-state index is 12.5. The van der Waals surface area contributed by atoms with Crippen molar-refractivity contribution in [2.45, 2.75) is 13.1 Å². The Bertz CT molecular complexity index is 942. The van der Waals surface area contributed by atoms with Gasteiger partial charge in [0, 0.05) is 14.1 Å². The fraction of sp³-hybridized carbons (Fsp3) is 0.250. The van der Waals surface area contributed by atoms with Crippen LogP contribution in [0.1, 0.15) is 5.56 Å². The second-order valence-electron chi connectivity index (χ2n) is 5.78. The van der Waals surface area contributed by atoms with Gasteiger partial charge in [0.2, 0.25) is 5.52 Å². The Morgan fingerprint density at radius 3 is 2.67 bits per heavy atom. The molecule has 0 fully saturated rings. The molecule has 3 N–H and O–H groups in total. The lowest BCUT2D eigenvalue weighted by atomic mass is 10.2. The lowest BCUT2D eigenvalue weighted by molar-refractivity contribution is -0.660. The zero-order chi connectivity index (χ0) is 17.3. The molecule has 0 saturated carbocycles. The normalized spacial score (nSPS) is 10.9. The number of carbonyl (C=O) groups is 1. The maximum Gasteiger partial charge on any atom is 0.312 e. The third-order valence-corrected chi connectivity index (χ3v) is 3.65. The van der Waals surface area contributed by atoms with Gasteiger partial charge in [-0.25, -0.2) is 4.57 Å². The number of benzene rings is 1. The second kappa shape index (κ2) is 6.15. The predicted molar refractivity (Wildman–Crippen MR) is 89.6 cm³/mol. The van der Waals surface area contributed by atoms with Gasteiger partial charge in [-0.05, 0) is 5.56 Å². The number of aromatic nitrogens is 4. The molecule has 0 aliphatic rings. The number of carbonyl (C=O) groups excluding carboxylic acids is 1. The topological polar surface area (TPSA) is 101 Å². The van der Waals surface area contributed by atoms with E-state index in [4.69, 9.17) is 5.73 Å². The molecule has 3 aromatic rings. The molecule has 3 rings (SSSR count). The lowest BCUT2D eigenvalue weighted by Gasteiger charge is -2.06. The molecule has 24 heavy (non-hydrogen) atoms. The van der Waals surface area contributed by atoms with E-state index in [1.54, 1.807) is 34.5 Å². The van der Waals surface area contributed by atoms with Crippen molar-refractivity contribution in [2.24, 2.45) is 5.73 Å². The molecule has 8 nitrogen and oxygen atoms in total. The van der Waals surface area contributed by atoms with Crippen molar-refractivity contribution < 1.29 is 9.36 Å². The summed E-state index contributed by atoms with van der Waals surface area (Å²) >= 11 is 0. The molecule has 0 saturated heterocycles. The molecule has 1 amide bonds. The monoisotopic (exact) mass is 327 g/mol. The number of amides is 1. The van der Waals surface area contributed by atoms with Crippen LogP contribution in [-0.4, -0.2) is 34.5 Å². The number of nitrogens with one attached hydrogen (secondary N) is 1. The molecule has 0 spiro atoms. The highest BCUT2D eigenvalue weighted by atomic mass is 16.1. The third-order valence-electron chi connectivity index (χ3n) is 3.65. The van der Waals surface area contributed by atoms with Gasteiger partial charge in [-0.1, -0.05) is 35.3 Å². The van der Waals surface area contributed by atoms with Crippen molar-refractivity contribution in [3.63, 3.8) is 0 Å². The standard InChI is InChI=1S/C16H18N6O2/c1-20(2)16-18-14-13(15(24)19-16)21(10-22(14)9-12(17)23)8-11-6-4-3-5-7-11/h3-7,10H,8-9H2,1-2H3,(H2-,17,18,19,23,24)/p+1. The quantitative estimate of drug-likeness (QED) is 0.623. The van der Waals surface area contributed by atoms with Gasteiger partial charge >= 0.3 is 5.65 Å². The molecular formula is C16H19N6O2+. The first kappa shape index (κ1) is 15.7. The SMILES string of the molecule is CN(C)c1nc2c(c(=O)[nH]1)n(Cc1ccccc1)c[n+]2CC(N)=O. The van der Waals surface area contributed by atoms with Crippen molar-refractivity contribution in [3.8, 4) is 0 Å². The van der Waals surface area contributed by atoms with E-state index in [1.165, 1.54) is 0 Å². The molecule has 0 radical (unpaired) electrons. The third kappa shape index (κ3) is 2.98. The molecule has 2 aromatic heterocycles. The molecule has 0 bridgehead atoms. The number of primary amides is 1. The van der Waals surface area contributed by atoms with Gasteiger partial charge < -0.3 is 10.6 Å². The summed E-state index contributed by atoms with van der Waals surface area (Å²) in [5, 5.41) is 0. The summed E-state index contributed by atoms with van der Waals surface area (Å²) in [6.07, 6.45) is 1.70. The lowest BCUT2D eigenvalue weighted by Crippen LogP contribution is -2.40. The van der Waals surface area contributed by atoms with Crippen molar-refractivity contribution in [1.29, 1.82) is 0 Å². The van der Waals surface area contributed by atoms with Crippen molar-refractivity contribution in [3.05, 3.63) is 52.6 Å². The number of H-pyrrole nitrogens is 1. The Morgan fingerprint density at radius 2 is 2.04 bits per heavy atom.